The van der Waals surface area contributed by atoms with Gasteiger partial charge in [-0.25, -0.2) is 4.79 Å². The fraction of sp³-hybridized carbons (Fsp3) is 0.423. The molecule has 4 heteroatoms. The highest BCUT2D eigenvalue weighted by molar-refractivity contribution is 5.85. The largest absolute Gasteiger partial charge is 0.504 e. The number of benzene rings is 1. The number of piperidine rings is 1. The molecule has 158 valence electrons. The lowest BCUT2D eigenvalue weighted by molar-refractivity contribution is -0.185. The van der Waals surface area contributed by atoms with E-state index in [9.17, 15) is 9.90 Å². The van der Waals surface area contributed by atoms with Crippen LogP contribution in [0.3, 0.4) is 0 Å². The third-order valence-corrected chi connectivity index (χ3v) is 7.05. The fourth-order valence-electron chi connectivity index (χ4n) is 5.94. The number of esters is 1. The molecule has 1 N–H and O–H groups in total. The van der Waals surface area contributed by atoms with E-state index >= 15 is 0 Å². The van der Waals surface area contributed by atoms with Gasteiger partial charge in [0.05, 0.1) is 0 Å². The minimum atomic E-state index is -0.483. The average molecular weight is 406 g/mol. The van der Waals surface area contributed by atoms with E-state index in [1.807, 2.05) is 38.1 Å². The monoisotopic (exact) mass is 405 g/mol. The van der Waals surface area contributed by atoms with Gasteiger partial charge in [0.25, 0.3) is 0 Å². The van der Waals surface area contributed by atoms with Crippen molar-refractivity contribution in [1.82, 2.24) is 4.90 Å². The molecule has 4 atom stereocenters. The van der Waals surface area contributed by atoms with Gasteiger partial charge < -0.3 is 9.84 Å². The van der Waals surface area contributed by atoms with E-state index in [2.05, 4.69) is 18.1 Å². The molecular formula is C26H31NO3. The molecule has 1 aliphatic heterocycles. The summed E-state index contributed by atoms with van der Waals surface area (Å²) in [6.45, 7) is 12.7. The van der Waals surface area contributed by atoms with E-state index in [4.69, 9.17) is 4.74 Å². The number of rotatable bonds is 8. The predicted molar refractivity (Wildman–Crippen MR) is 120 cm³/mol. The summed E-state index contributed by atoms with van der Waals surface area (Å²) in [6, 6.07) is 4.82. The Morgan fingerprint density at radius 3 is 2.80 bits per heavy atom. The van der Waals surface area contributed by atoms with E-state index < -0.39 is 5.97 Å². The molecule has 0 amide bonds. The van der Waals surface area contributed by atoms with E-state index in [-0.39, 0.29) is 16.9 Å². The molecule has 4 rings (SSSR count). The predicted octanol–water partition coefficient (Wildman–Crippen LogP) is 4.84. The Morgan fingerprint density at radius 2 is 2.10 bits per heavy atom. The first-order valence-corrected chi connectivity index (χ1v) is 10.8. The number of likely N-dealkylation sites (tertiary alicyclic amines) is 1. The van der Waals surface area contributed by atoms with Crippen molar-refractivity contribution in [3.8, 4) is 11.5 Å². The average Bonchev–Trinajstić information content (AvgIpc) is 2.68. The minimum Gasteiger partial charge on any atom is -0.504 e. The summed E-state index contributed by atoms with van der Waals surface area (Å²) in [5.74, 6) is 0.450. The van der Waals surface area contributed by atoms with Gasteiger partial charge >= 0.3 is 5.97 Å². The Bertz CT molecular complexity index is 940. The van der Waals surface area contributed by atoms with Gasteiger partial charge in [0.1, 0.15) is 0 Å². The third-order valence-electron chi connectivity index (χ3n) is 7.05. The lowest BCUT2D eigenvalue weighted by atomic mass is 9.41. The maximum atomic E-state index is 12.2. The molecule has 1 saturated carbocycles. The zero-order valence-electron chi connectivity index (χ0n) is 17.9. The number of hydrogen-bond donors (Lipinski definition) is 1. The maximum Gasteiger partial charge on any atom is 0.336 e. The van der Waals surface area contributed by atoms with Crippen LogP contribution in [-0.4, -0.2) is 34.6 Å². The highest BCUT2D eigenvalue weighted by atomic mass is 16.5. The molecule has 0 radical (unpaired) electrons. The summed E-state index contributed by atoms with van der Waals surface area (Å²) < 4.78 is 5.50. The maximum absolute atomic E-state index is 12.2. The lowest BCUT2D eigenvalue weighted by Crippen LogP contribution is -2.80. The van der Waals surface area contributed by atoms with Crippen molar-refractivity contribution in [3.05, 3.63) is 72.4 Å². The molecule has 1 aromatic rings. The van der Waals surface area contributed by atoms with Crippen molar-refractivity contribution in [2.75, 3.05) is 6.54 Å². The van der Waals surface area contributed by atoms with Crippen LogP contribution >= 0.6 is 0 Å². The second-order valence-electron chi connectivity index (χ2n) is 9.01. The van der Waals surface area contributed by atoms with Crippen LogP contribution in [0.15, 0.2) is 61.2 Å². The van der Waals surface area contributed by atoms with E-state index in [1.165, 1.54) is 11.6 Å². The van der Waals surface area contributed by atoms with Gasteiger partial charge in [0.15, 0.2) is 11.5 Å². The molecule has 1 aromatic carbocycles. The van der Waals surface area contributed by atoms with Crippen LogP contribution in [0, 0.1) is 5.92 Å². The topological polar surface area (TPSA) is 49.8 Å². The van der Waals surface area contributed by atoms with Gasteiger partial charge in [0.2, 0.25) is 0 Å². The number of phenolic OH excluding ortho intramolecular Hbond substituents is 1. The first-order chi connectivity index (χ1) is 14.4. The molecule has 0 aromatic heterocycles. The molecule has 30 heavy (non-hydrogen) atoms. The van der Waals surface area contributed by atoms with E-state index in [0.717, 1.165) is 43.4 Å². The summed E-state index contributed by atoms with van der Waals surface area (Å²) in [5.41, 5.74) is 3.21. The van der Waals surface area contributed by atoms with Crippen LogP contribution < -0.4 is 4.74 Å². The van der Waals surface area contributed by atoms with E-state index in [1.54, 1.807) is 12.1 Å². The molecule has 1 heterocycles. The zero-order valence-corrected chi connectivity index (χ0v) is 17.9. The second-order valence-corrected chi connectivity index (χ2v) is 9.01. The Kier molecular flexibility index (Phi) is 5.46. The Labute approximate surface area is 179 Å². The quantitative estimate of drug-likeness (QED) is 0.221. The van der Waals surface area contributed by atoms with Crippen LogP contribution in [0.2, 0.25) is 0 Å². The first kappa shape index (κ1) is 20.7. The minimum absolute atomic E-state index is 0.0564. The Balaban J connectivity index is 1.65. The smallest absolute Gasteiger partial charge is 0.336 e. The summed E-state index contributed by atoms with van der Waals surface area (Å²) >= 11 is 0. The molecule has 2 aliphatic carbocycles. The van der Waals surface area contributed by atoms with Gasteiger partial charge in [-0.1, -0.05) is 35.9 Å². The van der Waals surface area contributed by atoms with Crippen molar-refractivity contribution < 1.29 is 14.6 Å². The highest BCUT2D eigenvalue weighted by Crippen LogP contribution is 2.67. The van der Waals surface area contributed by atoms with Gasteiger partial charge in [-0.15, -0.1) is 13.2 Å². The second kappa shape index (κ2) is 7.92. The number of ether oxygens (including phenoxy) is 1. The summed E-state index contributed by atoms with van der Waals surface area (Å²) in [5, 5.41) is 11.2. The number of nitrogens with zero attached hydrogens (tertiary/aromatic N) is 1. The van der Waals surface area contributed by atoms with Gasteiger partial charge in [-0.05, 0) is 51.2 Å². The number of carbonyl (C=O) groups is 1. The van der Waals surface area contributed by atoms with Crippen molar-refractivity contribution in [3.63, 3.8) is 0 Å². The van der Waals surface area contributed by atoms with Crippen LogP contribution in [0.4, 0.5) is 0 Å². The SMILES string of the molecule is C=CCCC12CC3C1C(Cc1ccc(OC(=O)/C=C/C=C(C)C)c(O)c12)N3CC=C. The number of fused-ring (bicyclic) bond motifs is 2. The van der Waals surface area contributed by atoms with Crippen LogP contribution in [-0.2, 0) is 16.6 Å². The molecule has 3 aliphatic rings. The van der Waals surface area contributed by atoms with Gasteiger partial charge in [-0.3, -0.25) is 4.90 Å². The first-order valence-electron chi connectivity index (χ1n) is 10.8. The molecule has 4 unspecified atom stereocenters. The van der Waals surface area contributed by atoms with Crippen molar-refractivity contribution >= 4 is 5.97 Å². The standard InChI is InChI=1S/C26H31NO3/c1-5-7-13-26-16-20-24(26)19(27(20)14-6-2)15-18-11-12-21(25(29)23(18)26)30-22(28)10-8-9-17(3)4/h5-6,8-12,19-20,24,29H,1-2,7,13-16H2,3-4H3/b10-8+. The van der Waals surface area contributed by atoms with Crippen LogP contribution in [0.5, 0.6) is 11.5 Å². The number of allylic oxidation sites excluding steroid dienone is 4. The summed E-state index contributed by atoms with van der Waals surface area (Å²) in [7, 11) is 0. The third kappa shape index (κ3) is 3.14. The molecule has 0 spiro atoms. The van der Waals surface area contributed by atoms with Crippen molar-refractivity contribution in [2.45, 2.75) is 57.0 Å². The fourth-order valence-corrected chi connectivity index (χ4v) is 5.94. The lowest BCUT2D eigenvalue weighted by Gasteiger charge is -2.74. The Morgan fingerprint density at radius 1 is 1.30 bits per heavy atom. The molecule has 4 nitrogen and oxygen atoms in total. The van der Waals surface area contributed by atoms with Gasteiger partial charge in [0, 0.05) is 41.6 Å². The van der Waals surface area contributed by atoms with Gasteiger partial charge in [-0.2, -0.15) is 0 Å². The number of hydrogen-bond acceptors (Lipinski definition) is 4. The molecular weight excluding hydrogens is 374 g/mol. The highest BCUT2D eigenvalue weighted by Gasteiger charge is 2.69. The molecule has 1 saturated heterocycles. The zero-order chi connectivity index (χ0) is 21.5. The number of phenols is 1. The normalized spacial score (nSPS) is 28.5. The summed E-state index contributed by atoms with van der Waals surface area (Å²) in [6.07, 6.45) is 12.7. The Hall–Kier alpha value is -2.59. The molecule has 2 fully saturated rings. The number of aromatic hydroxyl groups is 1. The van der Waals surface area contributed by atoms with Crippen molar-refractivity contribution in [1.29, 1.82) is 0 Å². The van der Waals surface area contributed by atoms with Crippen molar-refractivity contribution in [2.24, 2.45) is 5.92 Å². The van der Waals surface area contributed by atoms with Crippen LogP contribution in [0.25, 0.3) is 0 Å². The van der Waals surface area contributed by atoms with Crippen LogP contribution in [0.1, 0.15) is 44.2 Å². The summed E-state index contributed by atoms with van der Waals surface area (Å²) in [4.78, 5) is 14.8. The number of carbonyl (C=O) groups excluding carboxylic acids is 1. The van der Waals surface area contributed by atoms with E-state index in [0.29, 0.717) is 18.0 Å². The molecule has 0 bridgehead atoms.